The van der Waals surface area contributed by atoms with Gasteiger partial charge in [-0.15, -0.1) is 0 Å². The van der Waals surface area contributed by atoms with Crippen molar-refractivity contribution >= 4 is 10.8 Å². The van der Waals surface area contributed by atoms with Gasteiger partial charge in [-0.05, 0) is 72.1 Å². The highest BCUT2D eigenvalue weighted by Gasteiger charge is 2.31. The monoisotopic (exact) mass is 596 g/mol. The topological polar surface area (TPSA) is 40.8 Å². The second kappa shape index (κ2) is 13.9. The number of hydrogen-bond donors (Lipinski definition) is 0. The Labute approximate surface area is 264 Å². The van der Waals surface area contributed by atoms with Crippen LogP contribution in [0.4, 0.5) is 0 Å². The lowest BCUT2D eigenvalue weighted by molar-refractivity contribution is -0.686. The number of benzene rings is 3. The molecule has 0 aliphatic carbocycles. The lowest BCUT2D eigenvalue weighted by Gasteiger charge is -2.23. The van der Waals surface area contributed by atoms with E-state index in [9.17, 15) is 0 Å². The lowest BCUT2D eigenvalue weighted by atomic mass is 9.87. The van der Waals surface area contributed by atoms with Crippen molar-refractivity contribution < 1.29 is 23.5 Å². The van der Waals surface area contributed by atoms with Gasteiger partial charge in [0.05, 0.1) is 30.8 Å². The van der Waals surface area contributed by atoms with Gasteiger partial charge in [-0.1, -0.05) is 72.7 Å². The summed E-state index contributed by atoms with van der Waals surface area (Å²) in [5, 5.41) is 2.30. The molecule has 44 heavy (non-hydrogen) atoms. The summed E-state index contributed by atoms with van der Waals surface area (Å²) in [7, 11) is 0. The van der Waals surface area contributed by atoms with Crippen molar-refractivity contribution in [1.82, 2.24) is 0 Å². The molecule has 1 aliphatic heterocycles. The largest absolute Gasteiger partial charge is 0.490 e. The van der Waals surface area contributed by atoms with Crippen molar-refractivity contribution in [2.45, 2.75) is 99.1 Å². The molecule has 1 aliphatic rings. The molecular formula is C39H50NO4+. The fourth-order valence-electron chi connectivity index (χ4n) is 5.99. The third-order valence-corrected chi connectivity index (χ3v) is 8.33. The maximum Gasteiger partial charge on any atom is 0.216 e. The van der Waals surface area contributed by atoms with Crippen LogP contribution in [0.3, 0.4) is 0 Å². The highest BCUT2D eigenvalue weighted by atomic mass is 16.5. The number of pyridine rings is 1. The number of fused-ring (bicyclic) bond motifs is 4. The predicted molar refractivity (Wildman–Crippen MR) is 179 cm³/mol. The van der Waals surface area contributed by atoms with Gasteiger partial charge in [0.2, 0.25) is 5.69 Å². The van der Waals surface area contributed by atoms with Gasteiger partial charge in [-0.25, -0.2) is 0 Å². The van der Waals surface area contributed by atoms with E-state index in [0.29, 0.717) is 26.4 Å². The number of hydrogen-bond acceptors (Lipinski definition) is 4. The molecule has 0 N–H and O–H groups in total. The molecule has 0 amide bonds. The Morgan fingerprint density at radius 3 is 1.95 bits per heavy atom. The van der Waals surface area contributed by atoms with Gasteiger partial charge in [-0.2, -0.15) is 4.57 Å². The summed E-state index contributed by atoms with van der Waals surface area (Å²) in [4.78, 5) is 0. The smallest absolute Gasteiger partial charge is 0.216 e. The van der Waals surface area contributed by atoms with E-state index in [2.05, 4.69) is 108 Å². The summed E-state index contributed by atoms with van der Waals surface area (Å²) in [6, 6.07) is 17.5. The Hall–Kier alpha value is -3.73. The molecule has 0 fully saturated rings. The number of nitrogens with zero attached hydrogens (tertiary/aromatic N) is 1. The van der Waals surface area contributed by atoms with E-state index in [4.69, 9.17) is 18.9 Å². The minimum absolute atomic E-state index is 0.120. The first kappa shape index (κ1) is 31.7. The normalized spacial score (nSPS) is 12.5. The average Bonchev–Trinajstić information content (AvgIpc) is 3.02. The minimum Gasteiger partial charge on any atom is -0.490 e. The maximum atomic E-state index is 6.66. The Morgan fingerprint density at radius 2 is 1.34 bits per heavy atom. The van der Waals surface area contributed by atoms with Crippen LogP contribution in [0.25, 0.3) is 22.0 Å². The average molecular weight is 597 g/mol. The molecule has 5 rings (SSSR count). The van der Waals surface area contributed by atoms with Gasteiger partial charge < -0.3 is 18.9 Å². The van der Waals surface area contributed by atoms with Gasteiger partial charge in [0.1, 0.15) is 6.61 Å². The lowest BCUT2D eigenvalue weighted by Crippen LogP contribution is -2.41. The van der Waals surface area contributed by atoms with Gasteiger partial charge in [0.15, 0.2) is 35.7 Å². The predicted octanol–water partition coefficient (Wildman–Crippen LogP) is 9.16. The third kappa shape index (κ3) is 6.67. The van der Waals surface area contributed by atoms with Crippen LogP contribution in [0.15, 0.2) is 54.7 Å². The van der Waals surface area contributed by atoms with Crippen LogP contribution < -0.4 is 23.5 Å². The SMILES string of the molecule is CCCOc1cc2c(cc1OCCC)-c1c(CC)c3ccc(OCCC)c(OCc4ccc(C(C)(C)C)cc4)c3c[n+]1CC2. The second-order valence-corrected chi connectivity index (χ2v) is 12.8. The molecule has 1 aromatic heterocycles. The maximum absolute atomic E-state index is 6.66. The van der Waals surface area contributed by atoms with Crippen LogP contribution in [0.2, 0.25) is 0 Å². The molecule has 3 aromatic carbocycles. The van der Waals surface area contributed by atoms with E-state index < -0.39 is 0 Å². The van der Waals surface area contributed by atoms with E-state index in [1.165, 1.54) is 33.3 Å². The van der Waals surface area contributed by atoms with E-state index in [-0.39, 0.29) is 5.41 Å². The first-order chi connectivity index (χ1) is 21.3. The molecule has 5 nitrogen and oxygen atoms in total. The van der Waals surface area contributed by atoms with Crippen LogP contribution in [0.1, 0.15) is 90.0 Å². The fraction of sp³-hybridized carbons (Fsp3) is 0.462. The second-order valence-electron chi connectivity index (χ2n) is 12.8. The summed E-state index contributed by atoms with van der Waals surface area (Å²) in [5.41, 5.74) is 7.71. The fourth-order valence-corrected chi connectivity index (χ4v) is 5.99. The van der Waals surface area contributed by atoms with E-state index in [1.54, 1.807) is 0 Å². The van der Waals surface area contributed by atoms with E-state index in [0.717, 1.165) is 72.6 Å². The molecule has 0 bridgehead atoms. The molecule has 0 radical (unpaired) electrons. The number of aryl methyl sites for hydroxylation is 3. The standard InChI is InChI=1S/C39H50NO4/c1-8-20-41-34-17-16-31-30(11-4)37-32-24-36(43-22-10-3)35(42-21-9-2)23-28(32)18-19-40(37)25-33(31)38(34)44-26-27-12-14-29(15-13-27)39(5,6)7/h12-17,23-25H,8-11,18-22,26H2,1-7H3/q+1. The van der Waals surface area contributed by atoms with Crippen molar-refractivity contribution in [3.63, 3.8) is 0 Å². The zero-order valence-corrected chi connectivity index (χ0v) is 27.8. The van der Waals surface area contributed by atoms with Crippen LogP contribution in [-0.2, 0) is 31.4 Å². The first-order valence-electron chi connectivity index (χ1n) is 16.6. The zero-order chi connectivity index (χ0) is 31.3. The molecule has 0 spiro atoms. The van der Waals surface area contributed by atoms with Crippen LogP contribution in [0.5, 0.6) is 23.0 Å². The first-order valence-corrected chi connectivity index (χ1v) is 16.6. The Kier molecular flexibility index (Phi) is 10.0. The molecule has 0 unspecified atom stereocenters. The Balaban J connectivity index is 1.60. The van der Waals surface area contributed by atoms with Gasteiger partial charge >= 0.3 is 0 Å². The minimum atomic E-state index is 0.120. The van der Waals surface area contributed by atoms with E-state index in [1.807, 2.05) is 0 Å². The molecule has 5 heteroatoms. The Morgan fingerprint density at radius 1 is 0.705 bits per heavy atom. The summed E-state index contributed by atoms with van der Waals surface area (Å²) in [6.45, 7) is 18.7. The number of aromatic nitrogens is 1. The Bertz CT molecular complexity index is 1580. The summed E-state index contributed by atoms with van der Waals surface area (Å²) < 4.78 is 27.7. The number of rotatable bonds is 13. The van der Waals surface area contributed by atoms with Crippen molar-refractivity contribution in [1.29, 1.82) is 0 Å². The molecule has 0 saturated heterocycles. The van der Waals surface area contributed by atoms with Crippen molar-refractivity contribution in [3.05, 3.63) is 77.0 Å². The zero-order valence-electron chi connectivity index (χ0n) is 27.8. The van der Waals surface area contributed by atoms with Gasteiger partial charge in [0.25, 0.3) is 0 Å². The summed E-state index contributed by atoms with van der Waals surface area (Å²) in [5.74, 6) is 3.31. The number of ether oxygens (including phenoxy) is 4. The van der Waals surface area contributed by atoms with Gasteiger partial charge in [-0.3, -0.25) is 0 Å². The molecule has 2 heterocycles. The van der Waals surface area contributed by atoms with Gasteiger partial charge in [0, 0.05) is 17.4 Å². The molecular weight excluding hydrogens is 546 g/mol. The molecule has 0 saturated carbocycles. The van der Waals surface area contributed by atoms with Crippen molar-refractivity contribution in [2.24, 2.45) is 0 Å². The molecule has 4 aromatic rings. The quantitative estimate of drug-likeness (QED) is 0.144. The van der Waals surface area contributed by atoms with Crippen LogP contribution in [0, 0.1) is 0 Å². The van der Waals surface area contributed by atoms with E-state index >= 15 is 0 Å². The molecule has 234 valence electrons. The van der Waals surface area contributed by atoms with Crippen LogP contribution in [-0.4, -0.2) is 19.8 Å². The van der Waals surface area contributed by atoms with Crippen molar-refractivity contribution in [3.8, 4) is 34.3 Å². The third-order valence-electron chi connectivity index (χ3n) is 8.33. The summed E-state index contributed by atoms with van der Waals surface area (Å²) in [6.07, 6.45) is 6.96. The van der Waals surface area contributed by atoms with Crippen LogP contribution >= 0.6 is 0 Å². The van der Waals surface area contributed by atoms with Crippen molar-refractivity contribution in [2.75, 3.05) is 19.8 Å². The summed E-state index contributed by atoms with van der Waals surface area (Å²) >= 11 is 0. The molecule has 0 atom stereocenters. The highest BCUT2D eigenvalue weighted by Crippen LogP contribution is 2.43. The highest BCUT2D eigenvalue weighted by molar-refractivity contribution is 5.95.